The molecule has 146 valence electrons. The van der Waals surface area contributed by atoms with Gasteiger partial charge in [0.2, 0.25) is 5.75 Å². The molecule has 1 fully saturated rings. The summed E-state index contributed by atoms with van der Waals surface area (Å²) in [5, 5.41) is 0. The summed E-state index contributed by atoms with van der Waals surface area (Å²) in [6.45, 7) is 5.55. The molecule has 6 heteroatoms. The van der Waals surface area contributed by atoms with E-state index in [-0.39, 0.29) is 5.82 Å². The fourth-order valence-corrected chi connectivity index (χ4v) is 3.48. The molecule has 0 spiro atoms. The number of hydrogen-bond donors (Lipinski definition) is 0. The molecule has 1 aliphatic rings. The van der Waals surface area contributed by atoms with E-state index in [2.05, 4.69) is 9.80 Å². The molecule has 0 N–H and O–H groups in total. The summed E-state index contributed by atoms with van der Waals surface area (Å²) >= 11 is 0. The molecule has 0 saturated carbocycles. The minimum absolute atomic E-state index is 0.188. The second-order valence-corrected chi connectivity index (χ2v) is 6.67. The minimum atomic E-state index is -0.188. The van der Waals surface area contributed by atoms with E-state index in [4.69, 9.17) is 14.2 Å². The highest BCUT2D eigenvalue weighted by Crippen LogP contribution is 2.40. The van der Waals surface area contributed by atoms with Crippen LogP contribution in [0, 0.1) is 5.82 Å². The first-order valence-corrected chi connectivity index (χ1v) is 9.11. The minimum Gasteiger partial charge on any atom is -0.493 e. The van der Waals surface area contributed by atoms with Crippen LogP contribution in [-0.2, 0) is 13.1 Å². The summed E-state index contributed by atoms with van der Waals surface area (Å²) in [5.41, 5.74) is 2.23. The van der Waals surface area contributed by atoms with Crippen LogP contribution in [0.5, 0.6) is 17.2 Å². The van der Waals surface area contributed by atoms with Gasteiger partial charge in [-0.2, -0.15) is 0 Å². The third kappa shape index (κ3) is 4.70. The highest BCUT2D eigenvalue weighted by atomic mass is 19.1. The zero-order valence-corrected chi connectivity index (χ0v) is 16.2. The molecule has 5 nitrogen and oxygen atoms in total. The average Bonchev–Trinajstić information content (AvgIpc) is 2.70. The van der Waals surface area contributed by atoms with E-state index in [1.807, 2.05) is 24.3 Å². The summed E-state index contributed by atoms with van der Waals surface area (Å²) in [5.74, 6) is 1.84. The van der Waals surface area contributed by atoms with Crippen LogP contribution in [-0.4, -0.2) is 57.3 Å². The van der Waals surface area contributed by atoms with Crippen LogP contribution in [0.3, 0.4) is 0 Å². The van der Waals surface area contributed by atoms with Gasteiger partial charge in [-0.1, -0.05) is 18.2 Å². The van der Waals surface area contributed by atoms with Crippen LogP contribution >= 0.6 is 0 Å². The molecule has 1 aliphatic heterocycles. The molecule has 0 aliphatic carbocycles. The molecule has 0 unspecified atom stereocenters. The Morgan fingerprint density at radius 3 is 1.89 bits per heavy atom. The van der Waals surface area contributed by atoms with Crippen LogP contribution in [0.1, 0.15) is 11.1 Å². The Hall–Kier alpha value is -2.31. The normalized spacial score (nSPS) is 15.6. The molecule has 0 radical (unpaired) electrons. The number of rotatable bonds is 7. The lowest BCUT2D eigenvalue weighted by Gasteiger charge is -2.35. The van der Waals surface area contributed by atoms with Crippen molar-refractivity contribution in [2.24, 2.45) is 0 Å². The summed E-state index contributed by atoms with van der Waals surface area (Å²) in [4.78, 5) is 4.81. The van der Waals surface area contributed by atoms with E-state index in [1.165, 1.54) is 12.1 Å². The fourth-order valence-electron chi connectivity index (χ4n) is 3.48. The van der Waals surface area contributed by atoms with E-state index < -0.39 is 0 Å². The summed E-state index contributed by atoms with van der Waals surface area (Å²) < 4.78 is 29.5. The van der Waals surface area contributed by atoms with Crippen molar-refractivity contribution in [3.8, 4) is 17.2 Å². The molecule has 1 heterocycles. The van der Waals surface area contributed by atoms with E-state index in [0.717, 1.165) is 56.1 Å². The van der Waals surface area contributed by atoms with E-state index in [1.54, 1.807) is 21.3 Å². The Morgan fingerprint density at radius 1 is 0.741 bits per heavy atom. The van der Waals surface area contributed by atoms with Gasteiger partial charge in [0.25, 0.3) is 0 Å². The first-order valence-electron chi connectivity index (χ1n) is 9.11. The largest absolute Gasteiger partial charge is 0.493 e. The lowest BCUT2D eigenvalue weighted by Crippen LogP contribution is -2.45. The molecule has 2 aromatic carbocycles. The Bertz CT molecular complexity index is 744. The molecule has 3 rings (SSSR count). The summed E-state index contributed by atoms with van der Waals surface area (Å²) in [6, 6.07) is 10.7. The van der Waals surface area contributed by atoms with Gasteiger partial charge in [0.15, 0.2) is 11.5 Å². The lowest BCUT2D eigenvalue weighted by atomic mass is 10.1. The van der Waals surface area contributed by atoms with E-state index in [0.29, 0.717) is 11.5 Å². The topological polar surface area (TPSA) is 34.2 Å². The molecule has 27 heavy (non-hydrogen) atoms. The first-order chi connectivity index (χ1) is 13.1. The van der Waals surface area contributed by atoms with Gasteiger partial charge in [0.1, 0.15) is 5.82 Å². The van der Waals surface area contributed by atoms with Gasteiger partial charge in [0, 0.05) is 44.8 Å². The Balaban J connectivity index is 1.60. The van der Waals surface area contributed by atoms with Crippen LogP contribution in [0.25, 0.3) is 0 Å². The van der Waals surface area contributed by atoms with Crippen LogP contribution in [0.15, 0.2) is 36.4 Å². The number of ether oxygens (including phenoxy) is 3. The predicted molar refractivity (Wildman–Crippen MR) is 103 cm³/mol. The van der Waals surface area contributed by atoms with Crippen molar-refractivity contribution in [1.29, 1.82) is 0 Å². The monoisotopic (exact) mass is 374 g/mol. The third-order valence-corrected chi connectivity index (χ3v) is 4.96. The fraction of sp³-hybridized carbons (Fsp3) is 0.429. The van der Waals surface area contributed by atoms with Crippen LogP contribution < -0.4 is 14.2 Å². The van der Waals surface area contributed by atoms with Gasteiger partial charge < -0.3 is 14.2 Å². The third-order valence-electron chi connectivity index (χ3n) is 4.96. The molecule has 2 aromatic rings. The maximum atomic E-state index is 13.0. The van der Waals surface area contributed by atoms with Crippen molar-refractivity contribution in [3.05, 3.63) is 53.3 Å². The predicted octanol–water partition coefficient (Wildman–Crippen LogP) is 3.17. The van der Waals surface area contributed by atoms with Crippen molar-refractivity contribution < 1.29 is 18.6 Å². The van der Waals surface area contributed by atoms with Crippen molar-refractivity contribution in [1.82, 2.24) is 9.80 Å². The molecule has 0 bridgehead atoms. The van der Waals surface area contributed by atoms with Crippen molar-refractivity contribution in [2.45, 2.75) is 13.1 Å². The molecular formula is C21H27FN2O3. The number of hydrogen-bond acceptors (Lipinski definition) is 5. The van der Waals surface area contributed by atoms with Gasteiger partial charge in [-0.3, -0.25) is 9.80 Å². The molecule has 1 saturated heterocycles. The number of methoxy groups -OCH3 is 3. The molecule has 0 atom stereocenters. The number of nitrogens with zero attached hydrogens (tertiary/aromatic N) is 2. The lowest BCUT2D eigenvalue weighted by molar-refractivity contribution is 0.121. The Morgan fingerprint density at radius 2 is 1.33 bits per heavy atom. The van der Waals surface area contributed by atoms with E-state index >= 15 is 0 Å². The second kappa shape index (κ2) is 9.06. The Kier molecular flexibility index (Phi) is 6.53. The summed E-state index contributed by atoms with van der Waals surface area (Å²) in [7, 11) is 4.90. The SMILES string of the molecule is COc1ccc(CN2CCN(Cc3ccc(F)cc3)CC2)c(OC)c1OC. The first kappa shape index (κ1) is 19.5. The zero-order valence-electron chi connectivity index (χ0n) is 16.2. The van der Waals surface area contributed by atoms with Crippen molar-refractivity contribution >= 4 is 0 Å². The standard InChI is InChI=1S/C21H27FN2O3/c1-25-19-9-6-17(20(26-2)21(19)27-3)15-24-12-10-23(11-13-24)14-16-4-7-18(22)8-5-16/h4-9H,10-15H2,1-3H3. The zero-order chi connectivity index (χ0) is 19.2. The van der Waals surface area contributed by atoms with Gasteiger partial charge in [0.05, 0.1) is 21.3 Å². The Labute approximate surface area is 160 Å². The van der Waals surface area contributed by atoms with E-state index in [9.17, 15) is 4.39 Å². The van der Waals surface area contributed by atoms with Gasteiger partial charge in [-0.25, -0.2) is 4.39 Å². The second-order valence-electron chi connectivity index (χ2n) is 6.67. The maximum absolute atomic E-state index is 13.0. The number of benzene rings is 2. The maximum Gasteiger partial charge on any atom is 0.203 e. The highest BCUT2D eigenvalue weighted by molar-refractivity contribution is 5.55. The van der Waals surface area contributed by atoms with Gasteiger partial charge in [-0.15, -0.1) is 0 Å². The quantitative estimate of drug-likeness (QED) is 0.744. The number of halogens is 1. The van der Waals surface area contributed by atoms with Crippen LogP contribution in [0.4, 0.5) is 4.39 Å². The average molecular weight is 374 g/mol. The van der Waals surface area contributed by atoms with Crippen LogP contribution in [0.2, 0.25) is 0 Å². The van der Waals surface area contributed by atoms with Gasteiger partial charge in [-0.05, 0) is 23.8 Å². The van der Waals surface area contributed by atoms with Gasteiger partial charge >= 0.3 is 0 Å². The molecule has 0 aromatic heterocycles. The molecular weight excluding hydrogens is 347 g/mol. The van der Waals surface area contributed by atoms with Crippen molar-refractivity contribution in [3.63, 3.8) is 0 Å². The molecule has 0 amide bonds. The summed E-state index contributed by atoms with van der Waals surface area (Å²) in [6.07, 6.45) is 0. The smallest absolute Gasteiger partial charge is 0.203 e. The highest BCUT2D eigenvalue weighted by Gasteiger charge is 2.21. The van der Waals surface area contributed by atoms with Crippen molar-refractivity contribution in [2.75, 3.05) is 47.5 Å². The number of piperazine rings is 1.